The molecule has 0 aliphatic carbocycles. The molecule has 2 heteroatoms. The second-order valence-electron chi connectivity index (χ2n) is 2.94. The maximum Gasteiger partial charge on any atom is 0.302 e. The van der Waals surface area contributed by atoms with Crippen LogP contribution in [0.1, 0.15) is 33.6 Å². The standard InChI is InChI=1S/C11H18O2/c1-4-5-7-10(2)8-6-9-13-11(3)12/h6-8H,4-5,9H2,1-3H3. The third-order valence-corrected chi connectivity index (χ3v) is 1.52. The Morgan fingerprint density at radius 2 is 2.08 bits per heavy atom. The number of hydrogen-bond donors (Lipinski definition) is 0. The van der Waals surface area contributed by atoms with E-state index < -0.39 is 0 Å². The predicted molar refractivity (Wildman–Crippen MR) is 54.4 cm³/mol. The second kappa shape index (κ2) is 7.59. The van der Waals surface area contributed by atoms with Crippen molar-refractivity contribution in [1.82, 2.24) is 0 Å². The van der Waals surface area contributed by atoms with Crippen molar-refractivity contribution in [3.8, 4) is 0 Å². The molecule has 0 saturated carbocycles. The van der Waals surface area contributed by atoms with Crippen LogP contribution in [-0.4, -0.2) is 12.6 Å². The summed E-state index contributed by atoms with van der Waals surface area (Å²) in [5.74, 6) is -0.236. The van der Waals surface area contributed by atoms with Gasteiger partial charge in [-0.25, -0.2) is 0 Å². The minimum absolute atomic E-state index is 0.236. The molecule has 0 atom stereocenters. The molecule has 0 amide bonds. The fourth-order valence-electron chi connectivity index (χ4n) is 0.840. The zero-order valence-electron chi connectivity index (χ0n) is 8.67. The van der Waals surface area contributed by atoms with Crippen LogP contribution in [0.15, 0.2) is 23.8 Å². The molecule has 0 fully saturated rings. The van der Waals surface area contributed by atoms with Gasteiger partial charge in [0.05, 0.1) is 0 Å². The van der Waals surface area contributed by atoms with Crippen LogP contribution in [0.3, 0.4) is 0 Å². The Kier molecular flexibility index (Phi) is 6.98. The van der Waals surface area contributed by atoms with E-state index in [9.17, 15) is 4.79 Å². The molecule has 0 aromatic carbocycles. The lowest BCUT2D eigenvalue weighted by Gasteiger charge is -1.95. The number of rotatable bonds is 5. The van der Waals surface area contributed by atoms with Gasteiger partial charge in [-0.2, -0.15) is 0 Å². The monoisotopic (exact) mass is 182 g/mol. The van der Waals surface area contributed by atoms with Crippen LogP contribution in [0.2, 0.25) is 0 Å². The molecule has 74 valence electrons. The van der Waals surface area contributed by atoms with E-state index in [0.29, 0.717) is 6.61 Å². The van der Waals surface area contributed by atoms with Crippen LogP contribution in [-0.2, 0) is 9.53 Å². The third kappa shape index (κ3) is 8.86. The zero-order chi connectivity index (χ0) is 10.1. The Bertz CT molecular complexity index is 202. The summed E-state index contributed by atoms with van der Waals surface area (Å²) in [5.41, 5.74) is 1.22. The molecular weight excluding hydrogens is 164 g/mol. The Labute approximate surface area is 80.3 Å². The number of unbranched alkanes of at least 4 members (excludes halogenated alkanes) is 1. The highest BCUT2D eigenvalue weighted by Gasteiger charge is 1.86. The van der Waals surface area contributed by atoms with Crippen molar-refractivity contribution in [3.63, 3.8) is 0 Å². The van der Waals surface area contributed by atoms with E-state index in [2.05, 4.69) is 13.0 Å². The lowest BCUT2D eigenvalue weighted by Crippen LogP contribution is -1.97. The molecule has 0 aliphatic rings. The van der Waals surface area contributed by atoms with Crippen molar-refractivity contribution in [2.75, 3.05) is 6.61 Å². The number of carbonyl (C=O) groups is 1. The second-order valence-corrected chi connectivity index (χ2v) is 2.94. The van der Waals surface area contributed by atoms with E-state index in [-0.39, 0.29) is 5.97 Å². The number of ether oxygens (including phenoxy) is 1. The Morgan fingerprint density at radius 1 is 1.38 bits per heavy atom. The van der Waals surface area contributed by atoms with E-state index in [1.54, 1.807) is 0 Å². The highest BCUT2D eigenvalue weighted by molar-refractivity contribution is 5.66. The fraction of sp³-hybridized carbons (Fsp3) is 0.545. The molecule has 0 aromatic heterocycles. The number of hydrogen-bond acceptors (Lipinski definition) is 2. The summed E-state index contributed by atoms with van der Waals surface area (Å²) in [5, 5.41) is 0. The van der Waals surface area contributed by atoms with Gasteiger partial charge in [-0.3, -0.25) is 4.79 Å². The average Bonchev–Trinajstić information content (AvgIpc) is 2.08. The topological polar surface area (TPSA) is 26.3 Å². The minimum atomic E-state index is -0.236. The van der Waals surface area contributed by atoms with E-state index in [0.717, 1.165) is 12.8 Å². The summed E-state index contributed by atoms with van der Waals surface area (Å²) in [6.07, 6.45) is 8.25. The molecule has 0 aliphatic heterocycles. The molecule has 0 rings (SSSR count). The van der Waals surface area contributed by atoms with Gasteiger partial charge in [-0.1, -0.05) is 31.1 Å². The van der Waals surface area contributed by atoms with Crippen LogP contribution >= 0.6 is 0 Å². The SMILES string of the molecule is CCCC=C(C)C=CCOC(C)=O. The number of allylic oxidation sites excluding steroid dienone is 3. The molecule has 0 bridgehead atoms. The van der Waals surface area contributed by atoms with Gasteiger partial charge in [0.25, 0.3) is 0 Å². The average molecular weight is 182 g/mol. The zero-order valence-corrected chi connectivity index (χ0v) is 8.67. The van der Waals surface area contributed by atoms with E-state index in [1.807, 2.05) is 19.1 Å². The smallest absolute Gasteiger partial charge is 0.302 e. The summed E-state index contributed by atoms with van der Waals surface area (Å²) < 4.78 is 4.74. The van der Waals surface area contributed by atoms with Crippen molar-refractivity contribution >= 4 is 5.97 Å². The molecule has 0 radical (unpaired) electrons. The molecule has 0 aromatic rings. The fourth-order valence-corrected chi connectivity index (χ4v) is 0.840. The quantitative estimate of drug-likeness (QED) is 0.482. The molecular formula is C11H18O2. The van der Waals surface area contributed by atoms with Crippen LogP contribution in [0.5, 0.6) is 0 Å². The van der Waals surface area contributed by atoms with Gasteiger partial charge in [-0.15, -0.1) is 0 Å². The summed E-state index contributed by atoms with van der Waals surface area (Å²) >= 11 is 0. The molecule has 0 unspecified atom stereocenters. The molecule has 0 saturated heterocycles. The Hall–Kier alpha value is -1.05. The largest absolute Gasteiger partial charge is 0.462 e. The highest BCUT2D eigenvalue weighted by atomic mass is 16.5. The first-order chi connectivity index (χ1) is 6.16. The van der Waals surface area contributed by atoms with E-state index in [1.165, 1.54) is 12.5 Å². The van der Waals surface area contributed by atoms with E-state index in [4.69, 9.17) is 4.74 Å². The van der Waals surface area contributed by atoms with Crippen molar-refractivity contribution in [1.29, 1.82) is 0 Å². The predicted octanol–water partition coefficient (Wildman–Crippen LogP) is 2.85. The highest BCUT2D eigenvalue weighted by Crippen LogP contribution is 1.99. The number of carbonyl (C=O) groups excluding carboxylic acids is 1. The third-order valence-electron chi connectivity index (χ3n) is 1.52. The van der Waals surface area contributed by atoms with Gasteiger partial charge < -0.3 is 4.74 Å². The van der Waals surface area contributed by atoms with Gasteiger partial charge in [0.2, 0.25) is 0 Å². The summed E-state index contributed by atoms with van der Waals surface area (Å²) in [7, 11) is 0. The maximum absolute atomic E-state index is 10.4. The maximum atomic E-state index is 10.4. The van der Waals surface area contributed by atoms with Crippen LogP contribution in [0.4, 0.5) is 0 Å². The van der Waals surface area contributed by atoms with Gasteiger partial charge in [-0.05, 0) is 19.4 Å². The van der Waals surface area contributed by atoms with Gasteiger partial charge in [0.1, 0.15) is 6.61 Å². The molecule has 2 nitrogen and oxygen atoms in total. The van der Waals surface area contributed by atoms with Gasteiger partial charge in [0.15, 0.2) is 0 Å². The van der Waals surface area contributed by atoms with Crippen molar-refractivity contribution in [2.24, 2.45) is 0 Å². The molecule has 0 spiro atoms. The first kappa shape index (κ1) is 11.9. The Balaban J connectivity index is 3.64. The molecule has 0 heterocycles. The number of esters is 1. The van der Waals surface area contributed by atoms with Crippen molar-refractivity contribution in [2.45, 2.75) is 33.6 Å². The Morgan fingerprint density at radius 3 is 2.62 bits per heavy atom. The summed E-state index contributed by atoms with van der Waals surface area (Å²) in [6, 6.07) is 0. The first-order valence-electron chi connectivity index (χ1n) is 4.63. The lowest BCUT2D eigenvalue weighted by molar-refractivity contribution is -0.139. The van der Waals surface area contributed by atoms with Crippen LogP contribution in [0.25, 0.3) is 0 Å². The summed E-state index contributed by atoms with van der Waals surface area (Å²) in [6.45, 7) is 5.96. The van der Waals surface area contributed by atoms with Crippen molar-refractivity contribution in [3.05, 3.63) is 23.8 Å². The van der Waals surface area contributed by atoms with Crippen LogP contribution in [0, 0.1) is 0 Å². The molecule has 0 N–H and O–H groups in total. The van der Waals surface area contributed by atoms with Gasteiger partial charge in [0, 0.05) is 6.92 Å². The first-order valence-corrected chi connectivity index (χ1v) is 4.63. The normalized spacial score (nSPS) is 12.1. The van der Waals surface area contributed by atoms with Gasteiger partial charge >= 0.3 is 5.97 Å². The van der Waals surface area contributed by atoms with Crippen LogP contribution < -0.4 is 0 Å². The minimum Gasteiger partial charge on any atom is -0.462 e. The van der Waals surface area contributed by atoms with Crippen molar-refractivity contribution < 1.29 is 9.53 Å². The lowest BCUT2D eigenvalue weighted by atomic mass is 10.2. The summed E-state index contributed by atoms with van der Waals surface area (Å²) in [4.78, 5) is 10.4. The van der Waals surface area contributed by atoms with E-state index >= 15 is 0 Å². The molecule has 13 heavy (non-hydrogen) atoms.